The summed E-state index contributed by atoms with van der Waals surface area (Å²) in [5.41, 5.74) is 1.26. The zero-order chi connectivity index (χ0) is 12.5. The van der Waals surface area contributed by atoms with Crippen molar-refractivity contribution in [2.45, 2.75) is 19.4 Å². The molecular weight excluding hydrogens is 212 g/mol. The van der Waals surface area contributed by atoms with Crippen molar-refractivity contribution >= 4 is 5.91 Å². The highest BCUT2D eigenvalue weighted by Crippen LogP contribution is 1.98. The predicted octanol–water partition coefficient (Wildman–Crippen LogP) is 0.957. The Morgan fingerprint density at radius 3 is 2.76 bits per heavy atom. The van der Waals surface area contributed by atoms with Gasteiger partial charge in [-0.2, -0.15) is 0 Å². The molecule has 0 bridgehead atoms. The number of hydrogen-bond acceptors (Lipinski definition) is 2. The third kappa shape index (κ3) is 5.19. The Hall–Kier alpha value is -1.79. The molecular formula is C14H18N2O. The van der Waals surface area contributed by atoms with Crippen LogP contribution in [0.5, 0.6) is 0 Å². The Labute approximate surface area is 103 Å². The lowest BCUT2D eigenvalue weighted by Gasteiger charge is -2.12. The Kier molecular flexibility index (Phi) is 5.84. The highest BCUT2D eigenvalue weighted by Gasteiger charge is 2.09. The van der Waals surface area contributed by atoms with Gasteiger partial charge in [-0.15, -0.1) is 6.42 Å². The molecule has 90 valence electrons. The Bertz CT molecular complexity index is 381. The molecule has 1 rings (SSSR count). The Morgan fingerprint density at radius 1 is 1.41 bits per heavy atom. The van der Waals surface area contributed by atoms with Gasteiger partial charge in [0.15, 0.2) is 0 Å². The van der Waals surface area contributed by atoms with Gasteiger partial charge in [-0.25, -0.2) is 0 Å². The van der Waals surface area contributed by atoms with E-state index in [2.05, 4.69) is 28.7 Å². The van der Waals surface area contributed by atoms with E-state index >= 15 is 0 Å². The van der Waals surface area contributed by atoms with Gasteiger partial charge >= 0.3 is 0 Å². The van der Waals surface area contributed by atoms with Crippen molar-refractivity contribution in [3.8, 4) is 12.3 Å². The highest BCUT2D eigenvalue weighted by molar-refractivity contribution is 5.81. The average molecular weight is 230 g/mol. The third-order valence-corrected chi connectivity index (χ3v) is 2.46. The second-order valence-corrected chi connectivity index (χ2v) is 3.83. The van der Waals surface area contributed by atoms with Crippen LogP contribution in [0.4, 0.5) is 0 Å². The molecule has 3 heteroatoms. The number of amides is 1. The molecule has 17 heavy (non-hydrogen) atoms. The van der Waals surface area contributed by atoms with E-state index in [1.807, 2.05) is 25.1 Å². The number of terminal acetylenes is 1. The summed E-state index contributed by atoms with van der Waals surface area (Å²) in [5.74, 6) is 2.32. The minimum atomic E-state index is -0.216. The van der Waals surface area contributed by atoms with Gasteiger partial charge in [0, 0.05) is 0 Å². The summed E-state index contributed by atoms with van der Waals surface area (Å²) in [6.45, 7) is 2.88. The normalized spacial score (nSPS) is 11.5. The van der Waals surface area contributed by atoms with Gasteiger partial charge in [0.1, 0.15) is 0 Å². The first-order valence-corrected chi connectivity index (χ1v) is 5.72. The number of rotatable bonds is 6. The van der Waals surface area contributed by atoms with E-state index in [9.17, 15) is 4.79 Å². The molecule has 0 fully saturated rings. The quantitative estimate of drug-likeness (QED) is 0.715. The predicted molar refractivity (Wildman–Crippen MR) is 69.5 cm³/mol. The average Bonchev–Trinajstić information content (AvgIpc) is 2.37. The maximum absolute atomic E-state index is 11.5. The van der Waals surface area contributed by atoms with E-state index in [-0.39, 0.29) is 18.5 Å². The lowest BCUT2D eigenvalue weighted by atomic mass is 10.1. The molecule has 0 heterocycles. The van der Waals surface area contributed by atoms with Crippen LogP contribution < -0.4 is 10.6 Å². The summed E-state index contributed by atoms with van der Waals surface area (Å²) in [6, 6.07) is 9.95. The largest absolute Gasteiger partial charge is 0.344 e. The Morgan fingerprint density at radius 2 is 2.12 bits per heavy atom. The van der Waals surface area contributed by atoms with Crippen molar-refractivity contribution in [3.05, 3.63) is 35.9 Å². The molecule has 1 amide bonds. The molecule has 0 aromatic heterocycles. The molecule has 0 saturated carbocycles. The third-order valence-electron chi connectivity index (χ3n) is 2.46. The summed E-state index contributed by atoms with van der Waals surface area (Å²) >= 11 is 0. The fourth-order valence-corrected chi connectivity index (χ4v) is 1.46. The van der Waals surface area contributed by atoms with E-state index in [1.54, 1.807) is 0 Å². The van der Waals surface area contributed by atoms with E-state index in [0.717, 1.165) is 13.0 Å². The van der Waals surface area contributed by atoms with Gasteiger partial charge < -0.3 is 10.6 Å². The van der Waals surface area contributed by atoms with Crippen LogP contribution >= 0.6 is 0 Å². The van der Waals surface area contributed by atoms with Crippen molar-refractivity contribution in [1.29, 1.82) is 0 Å². The fourth-order valence-electron chi connectivity index (χ4n) is 1.46. The van der Waals surface area contributed by atoms with E-state index in [1.165, 1.54) is 5.56 Å². The van der Waals surface area contributed by atoms with E-state index in [4.69, 9.17) is 6.42 Å². The number of nitrogens with one attached hydrogen (secondary N) is 2. The van der Waals surface area contributed by atoms with E-state index < -0.39 is 0 Å². The van der Waals surface area contributed by atoms with Crippen LogP contribution in [0.15, 0.2) is 30.3 Å². The maximum atomic E-state index is 11.5. The summed E-state index contributed by atoms with van der Waals surface area (Å²) in [4.78, 5) is 11.5. The first-order valence-electron chi connectivity index (χ1n) is 5.72. The van der Waals surface area contributed by atoms with Crippen LogP contribution in [0.25, 0.3) is 0 Å². The molecule has 1 atom stereocenters. The van der Waals surface area contributed by atoms with Crippen LogP contribution in [-0.2, 0) is 11.2 Å². The summed E-state index contributed by atoms with van der Waals surface area (Å²) in [7, 11) is 0. The van der Waals surface area contributed by atoms with Crippen molar-refractivity contribution in [2.75, 3.05) is 13.1 Å². The van der Waals surface area contributed by atoms with Crippen molar-refractivity contribution < 1.29 is 4.79 Å². The molecule has 0 radical (unpaired) electrons. The smallest absolute Gasteiger partial charge is 0.237 e. The SMILES string of the molecule is C#CCNC(=O)C(C)NCCc1ccccc1. The van der Waals surface area contributed by atoms with Crippen LogP contribution in [0.1, 0.15) is 12.5 Å². The first-order chi connectivity index (χ1) is 8.24. The standard InChI is InChI=1S/C14H18N2O/c1-3-10-16-14(17)12(2)15-11-9-13-7-5-4-6-8-13/h1,4-8,12,15H,9-11H2,2H3,(H,16,17). The molecule has 1 aromatic carbocycles. The van der Waals surface area contributed by atoms with Gasteiger partial charge in [-0.3, -0.25) is 4.79 Å². The minimum Gasteiger partial charge on any atom is -0.344 e. The van der Waals surface area contributed by atoms with Crippen LogP contribution in [0.2, 0.25) is 0 Å². The Balaban J connectivity index is 2.22. The van der Waals surface area contributed by atoms with Gasteiger partial charge in [-0.1, -0.05) is 36.3 Å². The summed E-state index contributed by atoms with van der Waals surface area (Å²) in [6.07, 6.45) is 5.98. The molecule has 0 aliphatic carbocycles. The van der Waals surface area contributed by atoms with Gasteiger partial charge in [0.05, 0.1) is 12.6 Å². The van der Waals surface area contributed by atoms with Crippen molar-refractivity contribution in [3.63, 3.8) is 0 Å². The van der Waals surface area contributed by atoms with Crippen molar-refractivity contribution in [2.24, 2.45) is 0 Å². The summed E-state index contributed by atoms with van der Waals surface area (Å²) in [5, 5.41) is 5.80. The molecule has 1 aromatic rings. The van der Waals surface area contributed by atoms with Crippen molar-refractivity contribution in [1.82, 2.24) is 10.6 Å². The molecule has 0 spiro atoms. The molecule has 3 nitrogen and oxygen atoms in total. The lowest BCUT2D eigenvalue weighted by molar-refractivity contribution is -0.122. The second kappa shape index (κ2) is 7.48. The number of carbonyl (C=O) groups excluding carboxylic acids is 1. The first kappa shape index (κ1) is 13.3. The van der Waals surface area contributed by atoms with Gasteiger partial charge in [0.2, 0.25) is 5.91 Å². The van der Waals surface area contributed by atoms with Crippen LogP contribution in [-0.4, -0.2) is 25.0 Å². The molecule has 1 unspecified atom stereocenters. The fraction of sp³-hybridized carbons (Fsp3) is 0.357. The molecule has 2 N–H and O–H groups in total. The van der Waals surface area contributed by atoms with Crippen LogP contribution in [0, 0.1) is 12.3 Å². The second-order valence-electron chi connectivity index (χ2n) is 3.83. The number of carbonyl (C=O) groups is 1. The number of hydrogen-bond donors (Lipinski definition) is 2. The minimum absolute atomic E-state index is 0.0592. The molecule has 0 aliphatic rings. The van der Waals surface area contributed by atoms with Gasteiger partial charge in [-0.05, 0) is 25.5 Å². The van der Waals surface area contributed by atoms with E-state index in [0.29, 0.717) is 0 Å². The zero-order valence-corrected chi connectivity index (χ0v) is 10.1. The topological polar surface area (TPSA) is 41.1 Å². The monoisotopic (exact) mass is 230 g/mol. The molecule has 0 aliphatic heterocycles. The van der Waals surface area contributed by atoms with Gasteiger partial charge in [0.25, 0.3) is 0 Å². The zero-order valence-electron chi connectivity index (χ0n) is 10.1. The molecule has 0 saturated heterocycles. The lowest BCUT2D eigenvalue weighted by Crippen LogP contribution is -2.42. The maximum Gasteiger partial charge on any atom is 0.237 e. The number of benzene rings is 1. The summed E-state index contributed by atoms with van der Waals surface area (Å²) < 4.78 is 0. The highest BCUT2D eigenvalue weighted by atomic mass is 16.2. The van der Waals surface area contributed by atoms with Crippen LogP contribution in [0.3, 0.4) is 0 Å².